The smallest absolute Gasteiger partial charge is 0.152 e. The fraction of sp³-hybridized carbons (Fsp3) is 0.267. The highest BCUT2D eigenvalue weighted by Gasteiger charge is 2.10. The highest BCUT2D eigenvalue weighted by molar-refractivity contribution is 6.31. The lowest BCUT2D eigenvalue weighted by molar-refractivity contribution is 0.871. The van der Waals surface area contributed by atoms with Crippen LogP contribution < -0.4 is 5.32 Å². The molecule has 1 aromatic carbocycles. The molecule has 0 saturated carbocycles. The van der Waals surface area contributed by atoms with Crippen LogP contribution in [0.5, 0.6) is 0 Å². The Bertz CT molecular complexity index is 552. The van der Waals surface area contributed by atoms with E-state index in [0.29, 0.717) is 5.15 Å². The number of halogens is 1. The topological polar surface area (TPSA) is 24.9 Å². The van der Waals surface area contributed by atoms with Crippen LogP contribution in [0.1, 0.15) is 29.7 Å². The van der Waals surface area contributed by atoms with E-state index in [2.05, 4.69) is 49.3 Å². The van der Waals surface area contributed by atoms with Crippen LogP contribution in [0, 0.1) is 13.8 Å². The van der Waals surface area contributed by atoms with Gasteiger partial charge in [0.05, 0.1) is 5.69 Å². The first-order valence-corrected chi connectivity index (χ1v) is 6.40. The van der Waals surface area contributed by atoms with E-state index in [1.54, 1.807) is 6.20 Å². The molecule has 1 N–H and O–H groups in total. The van der Waals surface area contributed by atoms with Crippen molar-refractivity contribution in [3.05, 3.63) is 58.4 Å². The van der Waals surface area contributed by atoms with Crippen molar-refractivity contribution in [1.29, 1.82) is 0 Å². The van der Waals surface area contributed by atoms with E-state index in [0.717, 1.165) is 5.69 Å². The Morgan fingerprint density at radius 3 is 2.67 bits per heavy atom. The Morgan fingerprint density at radius 2 is 2.00 bits per heavy atom. The van der Waals surface area contributed by atoms with Gasteiger partial charge in [0, 0.05) is 12.2 Å². The van der Waals surface area contributed by atoms with Crippen molar-refractivity contribution < 1.29 is 0 Å². The van der Waals surface area contributed by atoms with Gasteiger partial charge in [-0.15, -0.1) is 0 Å². The summed E-state index contributed by atoms with van der Waals surface area (Å²) in [4.78, 5) is 4.07. The summed E-state index contributed by atoms with van der Waals surface area (Å²) in [6, 6.07) is 10.5. The average molecular weight is 261 g/mol. The molecular weight excluding hydrogens is 244 g/mol. The summed E-state index contributed by atoms with van der Waals surface area (Å²) in [5.41, 5.74) is 4.71. The molecule has 0 aliphatic heterocycles. The molecule has 18 heavy (non-hydrogen) atoms. The van der Waals surface area contributed by atoms with Crippen molar-refractivity contribution in [2.45, 2.75) is 26.8 Å². The van der Waals surface area contributed by atoms with Crippen LogP contribution in [0.4, 0.5) is 5.69 Å². The van der Waals surface area contributed by atoms with Crippen LogP contribution in [0.15, 0.2) is 36.5 Å². The van der Waals surface area contributed by atoms with Crippen LogP contribution in [-0.4, -0.2) is 4.98 Å². The number of nitrogens with zero attached hydrogens (tertiary/aromatic N) is 1. The molecule has 1 heterocycles. The molecule has 0 aliphatic rings. The van der Waals surface area contributed by atoms with Gasteiger partial charge in [0.15, 0.2) is 5.15 Å². The number of nitrogens with one attached hydrogen (secondary N) is 1. The molecule has 3 heteroatoms. The number of benzene rings is 1. The van der Waals surface area contributed by atoms with Gasteiger partial charge in [-0.25, -0.2) is 4.98 Å². The standard InChI is InChI=1S/C15H17ClN2/c1-10-6-7-13(11(2)9-10)12(3)18-14-5-4-8-17-15(14)16/h4-9,12,18H,1-3H3. The van der Waals surface area contributed by atoms with Gasteiger partial charge in [-0.1, -0.05) is 35.4 Å². The summed E-state index contributed by atoms with van der Waals surface area (Å²) in [5, 5.41) is 3.90. The minimum atomic E-state index is 0.201. The number of hydrogen-bond acceptors (Lipinski definition) is 2. The number of aryl methyl sites for hydroxylation is 2. The fourth-order valence-corrected chi connectivity index (χ4v) is 2.29. The van der Waals surface area contributed by atoms with Gasteiger partial charge in [0.25, 0.3) is 0 Å². The number of rotatable bonds is 3. The third-order valence-corrected chi connectivity index (χ3v) is 3.32. The van der Waals surface area contributed by atoms with Crippen molar-refractivity contribution in [3.8, 4) is 0 Å². The third kappa shape index (κ3) is 2.82. The molecule has 1 aromatic heterocycles. The van der Waals surface area contributed by atoms with Gasteiger partial charge in [0.2, 0.25) is 0 Å². The molecule has 1 atom stereocenters. The van der Waals surface area contributed by atoms with Crippen molar-refractivity contribution in [3.63, 3.8) is 0 Å². The molecule has 0 bridgehead atoms. The van der Waals surface area contributed by atoms with Crippen LogP contribution in [0.2, 0.25) is 5.15 Å². The number of anilines is 1. The Hall–Kier alpha value is -1.54. The van der Waals surface area contributed by atoms with Crippen molar-refractivity contribution in [2.24, 2.45) is 0 Å². The second-order valence-electron chi connectivity index (χ2n) is 4.57. The van der Waals surface area contributed by atoms with Crippen molar-refractivity contribution in [1.82, 2.24) is 4.98 Å². The predicted octanol–water partition coefficient (Wildman–Crippen LogP) is 4.52. The Balaban J connectivity index is 2.22. The number of aromatic nitrogens is 1. The largest absolute Gasteiger partial charge is 0.376 e. The van der Waals surface area contributed by atoms with Crippen LogP contribution in [-0.2, 0) is 0 Å². The maximum absolute atomic E-state index is 6.05. The molecular formula is C15H17ClN2. The maximum atomic E-state index is 6.05. The summed E-state index contributed by atoms with van der Waals surface area (Å²) in [5.74, 6) is 0. The Kier molecular flexibility index (Phi) is 3.87. The maximum Gasteiger partial charge on any atom is 0.152 e. The second kappa shape index (κ2) is 5.40. The van der Waals surface area contributed by atoms with E-state index in [1.165, 1.54) is 16.7 Å². The summed E-state index contributed by atoms with van der Waals surface area (Å²) in [6.45, 7) is 6.36. The molecule has 0 fully saturated rings. The molecule has 0 radical (unpaired) electrons. The Morgan fingerprint density at radius 1 is 1.22 bits per heavy atom. The summed E-state index contributed by atoms with van der Waals surface area (Å²) >= 11 is 6.05. The van der Waals surface area contributed by atoms with Crippen LogP contribution in [0.3, 0.4) is 0 Å². The van der Waals surface area contributed by atoms with Gasteiger partial charge in [-0.05, 0) is 44.0 Å². The molecule has 0 spiro atoms. The van der Waals surface area contributed by atoms with E-state index in [4.69, 9.17) is 11.6 Å². The average Bonchev–Trinajstić information content (AvgIpc) is 2.32. The zero-order chi connectivity index (χ0) is 13.1. The minimum Gasteiger partial charge on any atom is -0.376 e. The first kappa shape index (κ1) is 12.9. The zero-order valence-electron chi connectivity index (χ0n) is 10.9. The van der Waals surface area contributed by atoms with E-state index >= 15 is 0 Å². The van der Waals surface area contributed by atoms with Crippen molar-refractivity contribution >= 4 is 17.3 Å². The van der Waals surface area contributed by atoms with Crippen LogP contribution >= 0.6 is 11.6 Å². The first-order chi connectivity index (χ1) is 8.58. The first-order valence-electron chi connectivity index (χ1n) is 6.02. The monoisotopic (exact) mass is 260 g/mol. The number of hydrogen-bond donors (Lipinski definition) is 1. The Labute approximate surface area is 113 Å². The highest BCUT2D eigenvalue weighted by Crippen LogP contribution is 2.26. The fourth-order valence-electron chi connectivity index (χ4n) is 2.12. The summed E-state index contributed by atoms with van der Waals surface area (Å²) in [6.07, 6.45) is 1.69. The van der Waals surface area contributed by atoms with E-state index in [1.807, 2.05) is 12.1 Å². The quantitative estimate of drug-likeness (QED) is 0.821. The van der Waals surface area contributed by atoms with Gasteiger partial charge in [-0.2, -0.15) is 0 Å². The molecule has 1 unspecified atom stereocenters. The SMILES string of the molecule is Cc1ccc(C(C)Nc2cccnc2Cl)c(C)c1. The highest BCUT2D eigenvalue weighted by atomic mass is 35.5. The van der Waals surface area contributed by atoms with E-state index in [-0.39, 0.29) is 6.04 Å². The van der Waals surface area contributed by atoms with Crippen molar-refractivity contribution in [2.75, 3.05) is 5.32 Å². The summed E-state index contributed by atoms with van der Waals surface area (Å²) in [7, 11) is 0. The normalized spacial score (nSPS) is 12.2. The third-order valence-electron chi connectivity index (χ3n) is 3.02. The van der Waals surface area contributed by atoms with Gasteiger partial charge >= 0.3 is 0 Å². The van der Waals surface area contributed by atoms with E-state index in [9.17, 15) is 0 Å². The lowest BCUT2D eigenvalue weighted by Gasteiger charge is -2.18. The van der Waals surface area contributed by atoms with Crippen LogP contribution in [0.25, 0.3) is 0 Å². The molecule has 2 nitrogen and oxygen atoms in total. The lowest BCUT2D eigenvalue weighted by Crippen LogP contribution is -2.09. The molecule has 94 valence electrons. The number of pyridine rings is 1. The minimum absolute atomic E-state index is 0.201. The predicted molar refractivity (Wildman–Crippen MR) is 77.2 cm³/mol. The van der Waals surface area contributed by atoms with Gasteiger partial charge < -0.3 is 5.32 Å². The molecule has 2 aromatic rings. The molecule has 0 amide bonds. The second-order valence-corrected chi connectivity index (χ2v) is 4.93. The molecule has 0 aliphatic carbocycles. The molecule has 0 saturated heterocycles. The zero-order valence-corrected chi connectivity index (χ0v) is 11.6. The molecule has 2 rings (SSSR count). The van der Waals surface area contributed by atoms with Gasteiger partial charge in [-0.3, -0.25) is 0 Å². The lowest BCUT2D eigenvalue weighted by atomic mass is 10.0. The van der Waals surface area contributed by atoms with Gasteiger partial charge in [0.1, 0.15) is 0 Å². The van der Waals surface area contributed by atoms with E-state index < -0.39 is 0 Å². The summed E-state index contributed by atoms with van der Waals surface area (Å²) < 4.78 is 0.